The van der Waals surface area contributed by atoms with Crippen LogP contribution in [0.25, 0.3) is 5.57 Å². The zero-order valence-electron chi connectivity index (χ0n) is 18.5. The number of hydrogen-bond donors (Lipinski definition) is 1. The van der Waals surface area contributed by atoms with Crippen molar-refractivity contribution in [3.63, 3.8) is 0 Å². The van der Waals surface area contributed by atoms with Crippen LogP contribution in [0.4, 0.5) is 0 Å². The van der Waals surface area contributed by atoms with E-state index in [9.17, 15) is 4.79 Å². The molecule has 162 valence electrons. The number of nitrogens with one attached hydrogen (secondary N) is 1. The van der Waals surface area contributed by atoms with E-state index in [2.05, 4.69) is 80.7 Å². The Kier molecular flexibility index (Phi) is 6.56. The van der Waals surface area contributed by atoms with Gasteiger partial charge in [0.05, 0.1) is 0 Å². The molecule has 1 amide bonds. The summed E-state index contributed by atoms with van der Waals surface area (Å²) in [6, 6.07) is 12.3. The van der Waals surface area contributed by atoms with Gasteiger partial charge in [-0.2, -0.15) is 0 Å². The molecule has 3 heterocycles. The van der Waals surface area contributed by atoms with Crippen molar-refractivity contribution in [3.05, 3.63) is 118 Å². The number of benzene rings is 1. The van der Waals surface area contributed by atoms with Crippen LogP contribution in [-0.4, -0.2) is 15.8 Å². The van der Waals surface area contributed by atoms with Gasteiger partial charge in [-0.15, -0.1) is 0 Å². The molecule has 1 aromatic heterocycles. The monoisotopic (exact) mass is 487 g/mol. The van der Waals surface area contributed by atoms with Gasteiger partial charge in [-0.25, -0.2) is 4.98 Å². The van der Waals surface area contributed by atoms with Gasteiger partial charge in [0.25, 0.3) is 5.91 Å². The number of aryl methyl sites for hydroxylation is 1. The van der Waals surface area contributed by atoms with Crippen molar-refractivity contribution in [3.8, 4) is 0 Å². The van der Waals surface area contributed by atoms with Gasteiger partial charge in [-0.1, -0.05) is 71.4 Å². The second-order valence-corrected chi connectivity index (χ2v) is 8.95. The van der Waals surface area contributed by atoms with Crippen molar-refractivity contribution in [2.75, 3.05) is 0 Å². The maximum atomic E-state index is 13.0. The number of carbonyl (C=O) groups excluding carboxylic acids is 1. The standard InChI is InChI=1S/C27H26BrN3O/c1-18-12-13-23(30-27(32)26-20(3)24(28)16-19(2)29-26)14-15-31-17-22(10-7-11-25(18)31)21-8-5-4-6-9-21/h4-11,13-18H,12H2,1-3H3,(H,30,32)/b15-14-,23-13-. The molecule has 0 fully saturated rings. The molecule has 0 bridgehead atoms. The summed E-state index contributed by atoms with van der Waals surface area (Å²) >= 11 is 3.52. The Labute approximate surface area is 197 Å². The lowest BCUT2D eigenvalue weighted by atomic mass is 10.00. The van der Waals surface area contributed by atoms with Crippen molar-refractivity contribution in [1.29, 1.82) is 0 Å². The molecule has 1 atom stereocenters. The molecule has 0 aliphatic carbocycles. The Bertz CT molecular complexity index is 1190. The van der Waals surface area contributed by atoms with E-state index < -0.39 is 0 Å². The van der Waals surface area contributed by atoms with Crippen molar-refractivity contribution in [2.24, 2.45) is 5.92 Å². The van der Waals surface area contributed by atoms with Crippen LogP contribution in [0.3, 0.4) is 0 Å². The first-order chi connectivity index (χ1) is 15.4. The fourth-order valence-corrected chi connectivity index (χ4v) is 4.33. The number of allylic oxidation sites excluding steroid dienone is 7. The summed E-state index contributed by atoms with van der Waals surface area (Å²) in [5.41, 5.74) is 6.35. The molecule has 5 heteroatoms. The number of rotatable bonds is 3. The van der Waals surface area contributed by atoms with Gasteiger partial charge in [0, 0.05) is 39.9 Å². The minimum atomic E-state index is -0.204. The number of amides is 1. The maximum Gasteiger partial charge on any atom is 0.274 e. The number of hydrogen-bond acceptors (Lipinski definition) is 3. The van der Waals surface area contributed by atoms with Crippen LogP contribution in [0.1, 0.15) is 40.7 Å². The quantitative estimate of drug-likeness (QED) is 0.542. The fraction of sp³-hybridized carbons (Fsp3) is 0.185. The van der Waals surface area contributed by atoms with Crippen LogP contribution in [0.2, 0.25) is 0 Å². The van der Waals surface area contributed by atoms with E-state index in [0.717, 1.165) is 39.0 Å². The largest absolute Gasteiger partial charge is 0.327 e. The maximum absolute atomic E-state index is 13.0. The summed E-state index contributed by atoms with van der Waals surface area (Å²) in [4.78, 5) is 19.6. The van der Waals surface area contributed by atoms with Gasteiger partial charge >= 0.3 is 0 Å². The summed E-state index contributed by atoms with van der Waals surface area (Å²) in [5.74, 6) is 0.0840. The number of halogens is 1. The first kappa shape index (κ1) is 22.0. The molecular formula is C27H26BrN3O. The minimum absolute atomic E-state index is 0.204. The third-order valence-corrected chi connectivity index (χ3v) is 6.47. The average molecular weight is 488 g/mol. The first-order valence-electron chi connectivity index (χ1n) is 10.7. The highest BCUT2D eigenvalue weighted by molar-refractivity contribution is 9.10. The number of aromatic nitrogens is 1. The lowest BCUT2D eigenvalue weighted by Crippen LogP contribution is -2.26. The number of fused-ring (bicyclic) bond motifs is 1. The predicted molar refractivity (Wildman–Crippen MR) is 133 cm³/mol. The van der Waals surface area contributed by atoms with E-state index in [1.54, 1.807) is 0 Å². The molecule has 32 heavy (non-hydrogen) atoms. The van der Waals surface area contributed by atoms with E-state index >= 15 is 0 Å². The van der Waals surface area contributed by atoms with Crippen LogP contribution in [-0.2, 0) is 0 Å². The Hall–Kier alpha value is -3.18. The van der Waals surface area contributed by atoms with Crippen molar-refractivity contribution >= 4 is 27.4 Å². The molecule has 1 aromatic carbocycles. The summed E-state index contributed by atoms with van der Waals surface area (Å²) in [5, 5.41) is 3.04. The molecule has 1 unspecified atom stereocenters. The van der Waals surface area contributed by atoms with Crippen LogP contribution in [0, 0.1) is 19.8 Å². The Morgan fingerprint density at radius 3 is 2.75 bits per heavy atom. The molecule has 4 rings (SSSR count). The summed E-state index contributed by atoms with van der Waals surface area (Å²) in [7, 11) is 0. The molecular weight excluding hydrogens is 462 g/mol. The lowest BCUT2D eigenvalue weighted by Gasteiger charge is -2.26. The molecule has 0 radical (unpaired) electrons. The third kappa shape index (κ3) is 4.83. The van der Waals surface area contributed by atoms with Gasteiger partial charge in [0.2, 0.25) is 0 Å². The number of pyridine rings is 1. The minimum Gasteiger partial charge on any atom is -0.327 e. The van der Waals surface area contributed by atoms with Crippen LogP contribution in [0.15, 0.2) is 95.0 Å². The fourth-order valence-electron chi connectivity index (χ4n) is 3.81. The lowest BCUT2D eigenvalue weighted by molar-refractivity contribution is 0.0961. The molecule has 2 aromatic rings. The van der Waals surface area contributed by atoms with Gasteiger partial charge in [0.1, 0.15) is 5.69 Å². The third-order valence-electron chi connectivity index (χ3n) is 5.65. The van der Waals surface area contributed by atoms with E-state index in [1.165, 1.54) is 5.70 Å². The van der Waals surface area contributed by atoms with Gasteiger partial charge in [0.15, 0.2) is 0 Å². The number of nitrogens with zero attached hydrogens (tertiary/aromatic N) is 2. The van der Waals surface area contributed by atoms with Crippen LogP contribution >= 0.6 is 15.9 Å². The topological polar surface area (TPSA) is 45.2 Å². The second-order valence-electron chi connectivity index (χ2n) is 8.09. The van der Waals surface area contributed by atoms with E-state index in [1.807, 2.05) is 50.4 Å². The Balaban J connectivity index is 1.61. The van der Waals surface area contributed by atoms with E-state index in [0.29, 0.717) is 5.69 Å². The van der Waals surface area contributed by atoms with E-state index in [4.69, 9.17) is 0 Å². The van der Waals surface area contributed by atoms with Crippen molar-refractivity contribution in [1.82, 2.24) is 15.2 Å². The highest BCUT2D eigenvalue weighted by Gasteiger charge is 2.19. The Morgan fingerprint density at radius 2 is 1.97 bits per heavy atom. The predicted octanol–water partition coefficient (Wildman–Crippen LogP) is 6.42. The second kappa shape index (κ2) is 9.53. The first-order valence-corrected chi connectivity index (χ1v) is 11.5. The van der Waals surface area contributed by atoms with Gasteiger partial charge in [-0.05, 0) is 55.2 Å². The zero-order valence-corrected chi connectivity index (χ0v) is 20.1. The molecule has 2 aliphatic heterocycles. The summed E-state index contributed by atoms with van der Waals surface area (Å²) < 4.78 is 0.886. The summed E-state index contributed by atoms with van der Waals surface area (Å²) in [6.07, 6.45) is 15.4. The molecule has 0 saturated carbocycles. The highest BCUT2D eigenvalue weighted by Crippen LogP contribution is 2.29. The van der Waals surface area contributed by atoms with Crippen molar-refractivity contribution in [2.45, 2.75) is 27.2 Å². The van der Waals surface area contributed by atoms with Gasteiger partial charge < -0.3 is 10.2 Å². The van der Waals surface area contributed by atoms with Gasteiger partial charge in [-0.3, -0.25) is 4.79 Å². The highest BCUT2D eigenvalue weighted by atomic mass is 79.9. The van der Waals surface area contributed by atoms with Crippen LogP contribution < -0.4 is 5.32 Å². The SMILES string of the molecule is Cc1cc(Br)c(C)c(C(=O)NC2=C\CC(C)C3=CC=CC(c4ccccc4)=CN3/C=C\2)n1. The molecule has 0 spiro atoms. The molecule has 2 aliphatic rings. The molecule has 1 N–H and O–H groups in total. The smallest absolute Gasteiger partial charge is 0.274 e. The average Bonchev–Trinajstić information content (AvgIpc) is 2.99. The number of carbonyl (C=O) groups is 1. The Morgan fingerprint density at radius 1 is 1.19 bits per heavy atom. The molecule has 0 saturated heterocycles. The van der Waals surface area contributed by atoms with Crippen molar-refractivity contribution < 1.29 is 4.79 Å². The van der Waals surface area contributed by atoms with E-state index in [-0.39, 0.29) is 11.8 Å². The molecule has 4 nitrogen and oxygen atoms in total. The zero-order chi connectivity index (χ0) is 22.7. The van der Waals surface area contributed by atoms with Crippen LogP contribution in [0.5, 0.6) is 0 Å². The summed E-state index contributed by atoms with van der Waals surface area (Å²) in [6.45, 7) is 5.98. The normalized spacial score (nSPS) is 20.6.